The summed E-state index contributed by atoms with van der Waals surface area (Å²) in [5.41, 5.74) is 1.03. The van der Waals surface area contributed by atoms with E-state index in [1.54, 1.807) is 18.2 Å². The Balaban J connectivity index is 0.00000169. The summed E-state index contributed by atoms with van der Waals surface area (Å²) < 4.78 is 21.4. The molecule has 0 aliphatic carbocycles. The smallest absolute Gasteiger partial charge is 0.768 e. The molecule has 0 amide bonds. The third kappa shape index (κ3) is 3.83. The van der Waals surface area contributed by atoms with Gasteiger partial charge in [-0.05, 0) is 34.2 Å². The molecule has 1 atom stereocenters. The van der Waals surface area contributed by atoms with Gasteiger partial charge in [0.05, 0.1) is 0 Å². The van der Waals surface area contributed by atoms with Crippen molar-refractivity contribution in [1.29, 1.82) is 0 Å². The van der Waals surface area contributed by atoms with Gasteiger partial charge in [0.1, 0.15) is 0 Å². The van der Waals surface area contributed by atoms with Crippen LogP contribution in [-0.4, -0.2) is 8.76 Å². The minimum absolute atomic E-state index is 0. The van der Waals surface area contributed by atoms with Gasteiger partial charge < -0.3 is 4.55 Å². The summed E-state index contributed by atoms with van der Waals surface area (Å²) in [5, 5.41) is 0. The van der Waals surface area contributed by atoms with E-state index in [9.17, 15) is 8.76 Å². The van der Waals surface area contributed by atoms with Crippen molar-refractivity contribution in [1.82, 2.24) is 0 Å². The Hall–Kier alpha value is 0.330. The standard InChI is InChI=1S/C10H14O2S.Na/c1-10(2,3)8-5-4-6-9(7-8)13(11)12;/h4-7H,1-3H3,(H,11,12);/q;+1/p-1. The van der Waals surface area contributed by atoms with Gasteiger partial charge in [0.2, 0.25) is 0 Å². The molecule has 2 nitrogen and oxygen atoms in total. The molecule has 0 spiro atoms. The topological polar surface area (TPSA) is 40.1 Å². The molecular formula is C10H13NaO2S. The maximum atomic E-state index is 10.7. The van der Waals surface area contributed by atoms with Crippen LogP contribution in [0.4, 0.5) is 0 Å². The molecule has 0 saturated heterocycles. The van der Waals surface area contributed by atoms with Crippen LogP contribution in [-0.2, 0) is 16.5 Å². The summed E-state index contributed by atoms with van der Waals surface area (Å²) in [5.74, 6) is 0. The molecule has 0 aromatic heterocycles. The fraction of sp³-hybridized carbons (Fsp3) is 0.400. The zero-order valence-electron chi connectivity index (χ0n) is 9.03. The molecule has 0 bridgehead atoms. The van der Waals surface area contributed by atoms with E-state index in [0.29, 0.717) is 4.90 Å². The summed E-state index contributed by atoms with van der Waals surface area (Å²) in [4.78, 5) is 0.354. The van der Waals surface area contributed by atoms with Gasteiger partial charge in [0, 0.05) is 4.90 Å². The van der Waals surface area contributed by atoms with Crippen LogP contribution in [0.25, 0.3) is 0 Å². The van der Waals surface area contributed by atoms with Crippen molar-refractivity contribution in [3.8, 4) is 0 Å². The van der Waals surface area contributed by atoms with Crippen LogP contribution >= 0.6 is 0 Å². The summed E-state index contributed by atoms with van der Waals surface area (Å²) in [6.07, 6.45) is 0. The Morgan fingerprint density at radius 3 is 2.29 bits per heavy atom. The Morgan fingerprint density at radius 2 is 1.86 bits per heavy atom. The SMILES string of the molecule is CC(C)(C)c1cccc(S(=O)[O-])c1.[Na+]. The molecular weight excluding hydrogens is 207 g/mol. The molecule has 72 valence electrons. The van der Waals surface area contributed by atoms with Gasteiger partial charge in [-0.25, -0.2) is 0 Å². The van der Waals surface area contributed by atoms with E-state index in [0.717, 1.165) is 5.56 Å². The third-order valence-electron chi connectivity index (χ3n) is 1.89. The molecule has 14 heavy (non-hydrogen) atoms. The van der Waals surface area contributed by atoms with Gasteiger partial charge in [-0.15, -0.1) is 0 Å². The molecule has 0 saturated carbocycles. The van der Waals surface area contributed by atoms with Crippen LogP contribution in [0.3, 0.4) is 0 Å². The molecule has 1 rings (SSSR count). The average molecular weight is 220 g/mol. The number of hydrogen-bond donors (Lipinski definition) is 0. The van der Waals surface area contributed by atoms with Gasteiger partial charge >= 0.3 is 29.6 Å². The number of benzene rings is 1. The fourth-order valence-electron chi connectivity index (χ4n) is 1.07. The normalized spacial score (nSPS) is 13.1. The van der Waals surface area contributed by atoms with Crippen LogP contribution in [0.5, 0.6) is 0 Å². The number of rotatable bonds is 1. The van der Waals surface area contributed by atoms with Crippen molar-refractivity contribution in [2.75, 3.05) is 0 Å². The first-order valence-corrected chi connectivity index (χ1v) is 5.18. The minimum atomic E-state index is -2.12. The van der Waals surface area contributed by atoms with Crippen LogP contribution in [0, 0.1) is 0 Å². The van der Waals surface area contributed by atoms with Crippen molar-refractivity contribution in [2.24, 2.45) is 0 Å². The fourth-order valence-corrected chi connectivity index (χ4v) is 1.48. The van der Waals surface area contributed by atoms with Crippen LogP contribution in [0.15, 0.2) is 29.2 Å². The van der Waals surface area contributed by atoms with Gasteiger partial charge in [0.15, 0.2) is 0 Å². The van der Waals surface area contributed by atoms with E-state index >= 15 is 0 Å². The second kappa shape index (κ2) is 5.42. The monoisotopic (exact) mass is 220 g/mol. The average Bonchev–Trinajstić information content (AvgIpc) is 2.03. The summed E-state index contributed by atoms with van der Waals surface area (Å²) in [6, 6.07) is 7.02. The molecule has 0 aliphatic rings. The van der Waals surface area contributed by atoms with E-state index in [4.69, 9.17) is 0 Å². The minimum Gasteiger partial charge on any atom is -0.768 e. The molecule has 0 aliphatic heterocycles. The van der Waals surface area contributed by atoms with Crippen molar-refractivity contribution in [3.05, 3.63) is 29.8 Å². The second-order valence-corrected chi connectivity index (χ2v) is 4.95. The predicted octanol–water partition coefficient (Wildman–Crippen LogP) is -0.774. The van der Waals surface area contributed by atoms with Crippen molar-refractivity contribution < 1.29 is 38.3 Å². The van der Waals surface area contributed by atoms with Crippen LogP contribution in [0.1, 0.15) is 26.3 Å². The second-order valence-electron chi connectivity index (χ2n) is 4.01. The Kier molecular flexibility index (Phi) is 5.55. The first-order valence-electron chi connectivity index (χ1n) is 4.11. The predicted molar refractivity (Wildman–Crippen MR) is 52.3 cm³/mol. The Morgan fingerprint density at radius 1 is 1.29 bits per heavy atom. The largest absolute Gasteiger partial charge is 1.00 e. The van der Waals surface area contributed by atoms with Gasteiger partial charge in [0.25, 0.3) is 0 Å². The summed E-state index contributed by atoms with van der Waals surface area (Å²) >= 11 is -2.12. The van der Waals surface area contributed by atoms with Crippen molar-refractivity contribution in [3.63, 3.8) is 0 Å². The van der Waals surface area contributed by atoms with E-state index in [2.05, 4.69) is 20.8 Å². The van der Waals surface area contributed by atoms with Crippen LogP contribution < -0.4 is 29.6 Å². The van der Waals surface area contributed by atoms with Crippen molar-refractivity contribution in [2.45, 2.75) is 31.1 Å². The molecule has 0 heterocycles. The van der Waals surface area contributed by atoms with E-state index in [1.807, 2.05) is 6.07 Å². The Bertz CT molecular complexity index is 331. The maximum absolute atomic E-state index is 10.7. The zero-order chi connectivity index (χ0) is 10.1. The molecule has 4 heteroatoms. The zero-order valence-corrected chi connectivity index (χ0v) is 11.9. The van der Waals surface area contributed by atoms with Crippen LogP contribution in [0.2, 0.25) is 0 Å². The molecule has 1 aromatic rings. The molecule has 1 aromatic carbocycles. The van der Waals surface area contributed by atoms with Gasteiger partial charge in [-0.1, -0.05) is 32.9 Å². The molecule has 0 N–H and O–H groups in total. The van der Waals surface area contributed by atoms with Gasteiger partial charge in [-0.3, -0.25) is 4.21 Å². The van der Waals surface area contributed by atoms with Crippen molar-refractivity contribution >= 4 is 11.1 Å². The van der Waals surface area contributed by atoms with E-state index in [1.165, 1.54) is 0 Å². The maximum Gasteiger partial charge on any atom is 1.00 e. The first-order chi connectivity index (χ1) is 5.91. The molecule has 1 unspecified atom stereocenters. The molecule has 0 fully saturated rings. The quantitative estimate of drug-likeness (QED) is 0.460. The van der Waals surface area contributed by atoms with E-state index < -0.39 is 11.1 Å². The molecule has 0 radical (unpaired) electrons. The number of hydrogen-bond acceptors (Lipinski definition) is 2. The van der Waals surface area contributed by atoms with E-state index in [-0.39, 0.29) is 35.0 Å². The summed E-state index contributed by atoms with van der Waals surface area (Å²) in [7, 11) is 0. The first kappa shape index (κ1) is 14.3. The van der Waals surface area contributed by atoms with Gasteiger partial charge in [-0.2, -0.15) is 0 Å². The Labute approximate surface area is 110 Å². The third-order valence-corrected chi connectivity index (χ3v) is 2.53. The summed E-state index contributed by atoms with van der Waals surface area (Å²) in [6.45, 7) is 6.17.